The molecule has 0 atom stereocenters. The minimum Gasteiger partial charge on any atom is -0.515 e. The quantitative estimate of drug-likeness (QED) is 0.426. The second kappa shape index (κ2) is 6.01. The Labute approximate surface area is 131 Å². The molecule has 2 N–H and O–H groups in total. The van der Waals surface area contributed by atoms with Gasteiger partial charge in [-0.25, -0.2) is 0 Å². The largest absolute Gasteiger partial charge is 0.561 e. The number of fused-ring (bicyclic) bond motifs is 1. The predicted octanol–water partition coefficient (Wildman–Crippen LogP) is 1.85. The van der Waals surface area contributed by atoms with E-state index in [2.05, 4.69) is 4.98 Å². The molecule has 7 nitrogen and oxygen atoms in total. The van der Waals surface area contributed by atoms with Gasteiger partial charge in [0.2, 0.25) is 0 Å². The van der Waals surface area contributed by atoms with Crippen molar-refractivity contribution in [3.63, 3.8) is 0 Å². The number of rotatable bonds is 5. The van der Waals surface area contributed by atoms with Crippen LogP contribution in [-0.4, -0.2) is 29.2 Å². The summed E-state index contributed by atoms with van der Waals surface area (Å²) in [5.41, 5.74) is 0.714. The summed E-state index contributed by atoms with van der Waals surface area (Å²) in [5.74, 6) is 0.236. The van der Waals surface area contributed by atoms with E-state index >= 15 is 0 Å². The lowest BCUT2D eigenvalue weighted by atomic mass is 9.80. The highest BCUT2D eigenvalue weighted by Crippen LogP contribution is 2.40. The van der Waals surface area contributed by atoms with Gasteiger partial charge in [-0.15, -0.1) is 0 Å². The number of benzene rings is 2. The minimum atomic E-state index is -1.33. The summed E-state index contributed by atoms with van der Waals surface area (Å²) < 4.78 is 10.6. The van der Waals surface area contributed by atoms with Gasteiger partial charge in [-0.1, -0.05) is 36.4 Å². The predicted molar refractivity (Wildman–Crippen MR) is 86.2 cm³/mol. The maximum Gasteiger partial charge on any atom is 0.561 e. The fourth-order valence-corrected chi connectivity index (χ4v) is 2.40. The molecule has 23 heavy (non-hydrogen) atoms. The second-order valence-corrected chi connectivity index (χ2v) is 4.82. The van der Waals surface area contributed by atoms with Gasteiger partial charge in [0.1, 0.15) is 11.1 Å². The summed E-state index contributed by atoms with van der Waals surface area (Å²) in [4.78, 5) is 13.7. The zero-order valence-electron chi connectivity index (χ0n) is 12.2. The molecule has 3 rings (SSSR count). The van der Waals surface area contributed by atoms with Gasteiger partial charge < -0.3 is 19.4 Å². The van der Waals surface area contributed by atoms with Crippen molar-refractivity contribution in [3.05, 3.63) is 58.6 Å². The standard InChI is InChI=1S/C15H13BN2O5/c1-22-12-9-5-8-11-13(12)14(18(20)21)15(17-11)23-16(19)10-6-3-2-4-7-10/h2-9,17,19H,1H3. The van der Waals surface area contributed by atoms with E-state index in [1.807, 2.05) is 0 Å². The highest BCUT2D eigenvalue weighted by atomic mass is 16.6. The zero-order valence-corrected chi connectivity index (χ0v) is 12.2. The molecule has 0 aliphatic carbocycles. The molecule has 1 aromatic heterocycles. The van der Waals surface area contributed by atoms with E-state index in [0.717, 1.165) is 0 Å². The zero-order chi connectivity index (χ0) is 16.4. The van der Waals surface area contributed by atoms with Crippen molar-refractivity contribution in [2.24, 2.45) is 0 Å². The minimum absolute atomic E-state index is 0.120. The van der Waals surface area contributed by atoms with Crippen LogP contribution in [0.4, 0.5) is 5.69 Å². The van der Waals surface area contributed by atoms with E-state index < -0.39 is 12.0 Å². The molecule has 0 saturated carbocycles. The molecule has 0 radical (unpaired) electrons. The molecule has 3 aromatic rings. The Morgan fingerprint density at radius 2 is 1.91 bits per heavy atom. The molecule has 0 unspecified atom stereocenters. The van der Waals surface area contributed by atoms with E-state index in [1.165, 1.54) is 7.11 Å². The summed E-state index contributed by atoms with van der Waals surface area (Å²) >= 11 is 0. The Morgan fingerprint density at radius 3 is 2.57 bits per heavy atom. The fraction of sp³-hybridized carbons (Fsp3) is 0.0667. The normalized spacial score (nSPS) is 10.5. The maximum absolute atomic E-state index is 11.5. The van der Waals surface area contributed by atoms with Crippen LogP contribution in [-0.2, 0) is 0 Å². The number of aromatic nitrogens is 1. The maximum atomic E-state index is 11.5. The highest BCUT2D eigenvalue weighted by molar-refractivity contribution is 6.60. The van der Waals surface area contributed by atoms with E-state index in [-0.39, 0.29) is 11.6 Å². The van der Waals surface area contributed by atoms with Crippen LogP contribution in [0.5, 0.6) is 11.6 Å². The first-order valence-electron chi connectivity index (χ1n) is 6.84. The number of hydrogen-bond acceptors (Lipinski definition) is 5. The third-order valence-corrected chi connectivity index (χ3v) is 3.44. The molecule has 0 aliphatic heterocycles. The average molecular weight is 312 g/mol. The molecule has 0 fully saturated rings. The number of nitrogens with zero attached hydrogens (tertiary/aromatic N) is 1. The van der Waals surface area contributed by atoms with Crippen molar-refractivity contribution < 1.29 is 19.3 Å². The molecular formula is C15H13BN2O5. The van der Waals surface area contributed by atoms with Gasteiger partial charge >= 0.3 is 12.8 Å². The van der Waals surface area contributed by atoms with E-state index in [1.54, 1.807) is 48.5 Å². The van der Waals surface area contributed by atoms with E-state index in [4.69, 9.17) is 9.39 Å². The topological polar surface area (TPSA) is 97.6 Å². The Bertz CT molecular complexity index is 850. The summed E-state index contributed by atoms with van der Waals surface area (Å²) in [7, 11) is 0.110. The Morgan fingerprint density at radius 1 is 1.17 bits per heavy atom. The SMILES string of the molecule is COc1cccc2[nH]c(OB(O)c3ccccc3)c([N+](=O)[O-])c12. The van der Waals surface area contributed by atoms with Gasteiger partial charge in [-0.3, -0.25) is 10.1 Å². The second-order valence-electron chi connectivity index (χ2n) is 4.82. The first kappa shape index (κ1) is 14.9. The summed E-state index contributed by atoms with van der Waals surface area (Å²) in [6.07, 6.45) is 0. The van der Waals surface area contributed by atoms with Gasteiger partial charge in [0, 0.05) is 0 Å². The summed E-state index contributed by atoms with van der Waals surface area (Å²) in [6, 6.07) is 13.6. The Kier molecular flexibility index (Phi) is 3.90. The lowest BCUT2D eigenvalue weighted by molar-refractivity contribution is -0.383. The summed E-state index contributed by atoms with van der Waals surface area (Å²) in [5, 5.41) is 21.9. The lowest BCUT2D eigenvalue weighted by Crippen LogP contribution is -2.36. The fourth-order valence-electron chi connectivity index (χ4n) is 2.40. The van der Waals surface area contributed by atoms with Crippen LogP contribution in [0.1, 0.15) is 0 Å². The molecule has 1 heterocycles. The number of hydrogen-bond donors (Lipinski definition) is 2. The van der Waals surface area contributed by atoms with Gasteiger partial charge in [-0.2, -0.15) is 0 Å². The van der Waals surface area contributed by atoms with Crippen molar-refractivity contribution in [2.75, 3.05) is 7.11 Å². The van der Waals surface area contributed by atoms with Crippen LogP contribution in [0.2, 0.25) is 0 Å². The average Bonchev–Trinajstić information content (AvgIpc) is 2.93. The molecule has 8 heteroatoms. The number of aromatic amines is 1. The molecule has 0 spiro atoms. The van der Waals surface area contributed by atoms with Gasteiger partial charge in [0.25, 0.3) is 5.88 Å². The number of ether oxygens (including phenoxy) is 1. The smallest absolute Gasteiger partial charge is 0.515 e. The molecule has 0 amide bonds. The monoisotopic (exact) mass is 312 g/mol. The van der Waals surface area contributed by atoms with Crippen molar-refractivity contribution in [2.45, 2.75) is 0 Å². The van der Waals surface area contributed by atoms with Crippen molar-refractivity contribution in [1.82, 2.24) is 4.98 Å². The first-order valence-corrected chi connectivity index (χ1v) is 6.84. The van der Waals surface area contributed by atoms with Crippen LogP contribution < -0.4 is 14.9 Å². The highest BCUT2D eigenvalue weighted by Gasteiger charge is 2.30. The van der Waals surface area contributed by atoms with Crippen molar-refractivity contribution in [1.29, 1.82) is 0 Å². The van der Waals surface area contributed by atoms with Gasteiger partial charge in [0.05, 0.1) is 17.5 Å². The summed E-state index contributed by atoms with van der Waals surface area (Å²) in [6.45, 7) is 0. The van der Waals surface area contributed by atoms with Gasteiger partial charge in [-0.05, 0) is 17.6 Å². The molecule has 0 saturated heterocycles. The molecular weight excluding hydrogens is 299 g/mol. The van der Waals surface area contributed by atoms with E-state index in [0.29, 0.717) is 22.1 Å². The van der Waals surface area contributed by atoms with Crippen LogP contribution in [0, 0.1) is 10.1 Å². The third kappa shape index (κ3) is 2.71. The van der Waals surface area contributed by atoms with Crippen LogP contribution in [0.25, 0.3) is 10.9 Å². The van der Waals surface area contributed by atoms with Crippen molar-refractivity contribution in [3.8, 4) is 11.6 Å². The molecule has 2 aromatic carbocycles. The number of nitro groups is 1. The van der Waals surface area contributed by atoms with E-state index in [9.17, 15) is 15.1 Å². The van der Waals surface area contributed by atoms with Crippen LogP contribution in [0.3, 0.4) is 0 Å². The molecule has 0 bridgehead atoms. The van der Waals surface area contributed by atoms with Gasteiger partial charge in [0.15, 0.2) is 0 Å². The number of H-pyrrole nitrogens is 1. The van der Waals surface area contributed by atoms with Crippen molar-refractivity contribution >= 4 is 29.2 Å². The molecule has 116 valence electrons. The van der Waals surface area contributed by atoms with Crippen LogP contribution >= 0.6 is 0 Å². The number of methoxy groups -OCH3 is 1. The Balaban J connectivity index is 2.07. The third-order valence-electron chi connectivity index (χ3n) is 3.44. The number of nitrogens with one attached hydrogen (secondary N) is 1. The Hall–Kier alpha value is -3.00. The first-order chi connectivity index (χ1) is 11.1. The van der Waals surface area contributed by atoms with Crippen LogP contribution in [0.15, 0.2) is 48.5 Å². The molecule has 0 aliphatic rings. The lowest BCUT2D eigenvalue weighted by Gasteiger charge is -2.07.